The van der Waals surface area contributed by atoms with Crippen molar-refractivity contribution in [3.63, 3.8) is 0 Å². The molecule has 0 aliphatic carbocycles. The van der Waals surface area contributed by atoms with Crippen LogP contribution in [0.1, 0.15) is 103 Å². The third kappa shape index (κ3) is 10.6. The van der Waals surface area contributed by atoms with E-state index in [1.54, 1.807) is 6.08 Å². The smallest absolute Gasteiger partial charge is 0.337 e. The molecule has 1 amide bonds. The van der Waals surface area contributed by atoms with E-state index < -0.39 is 47.9 Å². The second-order valence-corrected chi connectivity index (χ2v) is 14.8. The van der Waals surface area contributed by atoms with Gasteiger partial charge in [-0.1, -0.05) is 132 Å². The second kappa shape index (κ2) is 20.1. The third-order valence-electron chi connectivity index (χ3n) is 9.16. The number of amides is 1. The Labute approximate surface area is 300 Å². The fraction of sp³-hybridized carbons (Fsp3) is 0.564. The first-order valence-electron chi connectivity index (χ1n) is 17.7. The molecule has 2 aromatic carbocycles. The lowest BCUT2D eigenvalue weighted by molar-refractivity contribution is -0.173. The van der Waals surface area contributed by atoms with Crippen LogP contribution in [0.15, 0.2) is 72.8 Å². The minimum Gasteiger partial charge on any atom is -0.479 e. The number of unbranched alkanes of at least 4 members (excludes halogenated alkanes) is 8. The van der Waals surface area contributed by atoms with Gasteiger partial charge in [0.15, 0.2) is 11.2 Å². The number of carbonyl (C=O) groups is 2. The van der Waals surface area contributed by atoms with E-state index in [0.717, 1.165) is 42.6 Å². The van der Waals surface area contributed by atoms with Crippen LogP contribution >= 0.6 is 24.0 Å². The van der Waals surface area contributed by atoms with E-state index in [1.807, 2.05) is 86.3 Å². The molecule has 2 aromatic rings. The van der Waals surface area contributed by atoms with Crippen molar-refractivity contribution in [2.24, 2.45) is 11.8 Å². The topological polar surface area (TPSA) is 87.1 Å². The maximum absolute atomic E-state index is 14.6. The van der Waals surface area contributed by atoms with E-state index in [4.69, 9.17) is 17.0 Å². The van der Waals surface area contributed by atoms with Crippen molar-refractivity contribution >= 4 is 41.0 Å². The van der Waals surface area contributed by atoms with E-state index in [2.05, 4.69) is 6.92 Å². The molecular weight excluding hydrogens is 665 g/mol. The van der Waals surface area contributed by atoms with Gasteiger partial charge in [-0.15, -0.1) is 0 Å². The highest BCUT2D eigenvalue weighted by Crippen LogP contribution is 2.48. The lowest BCUT2D eigenvalue weighted by Crippen LogP contribution is -2.57. The van der Waals surface area contributed by atoms with Gasteiger partial charge < -0.3 is 14.9 Å². The van der Waals surface area contributed by atoms with Crippen LogP contribution in [0.4, 0.5) is 8.78 Å². The summed E-state index contributed by atoms with van der Waals surface area (Å²) in [5.41, 5.74) is -2.90. The van der Waals surface area contributed by atoms with Gasteiger partial charge in [0.1, 0.15) is 0 Å². The molecule has 49 heavy (non-hydrogen) atoms. The molecule has 1 aliphatic heterocycles. The third-order valence-corrected chi connectivity index (χ3v) is 10.6. The fourth-order valence-electron chi connectivity index (χ4n) is 6.67. The number of nitrogens with zero attached hydrogens (tertiary/aromatic N) is 1. The molecule has 3 atom stereocenters. The first-order valence-corrected chi connectivity index (χ1v) is 19.2. The number of thioether (sulfide) groups is 1. The second-order valence-electron chi connectivity index (χ2n) is 13.2. The summed E-state index contributed by atoms with van der Waals surface area (Å²) < 4.78 is 34.1. The van der Waals surface area contributed by atoms with E-state index in [0.29, 0.717) is 6.42 Å². The highest BCUT2D eigenvalue weighted by molar-refractivity contribution is 7.99. The van der Waals surface area contributed by atoms with Gasteiger partial charge in [-0.25, -0.2) is 13.6 Å². The van der Waals surface area contributed by atoms with Crippen LogP contribution in [0, 0.1) is 11.8 Å². The van der Waals surface area contributed by atoms with E-state index >= 15 is 0 Å². The van der Waals surface area contributed by atoms with Crippen LogP contribution in [0.3, 0.4) is 0 Å². The average molecular weight is 718 g/mol. The number of alkyl halides is 2. The number of aliphatic carboxylic acids is 1. The highest BCUT2D eigenvalue weighted by atomic mass is 32.2. The number of allylic oxidation sites excluding steroid dienone is 1. The molecule has 1 unspecified atom stereocenters. The normalized spacial score (nSPS) is 17.8. The van der Waals surface area contributed by atoms with Gasteiger partial charge >= 0.3 is 5.97 Å². The van der Waals surface area contributed by atoms with Crippen molar-refractivity contribution in [2.75, 3.05) is 11.5 Å². The molecule has 1 aliphatic rings. The van der Waals surface area contributed by atoms with Crippen molar-refractivity contribution in [3.8, 4) is 0 Å². The van der Waals surface area contributed by atoms with Crippen molar-refractivity contribution in [1.82, 2.24) is 4.90 Å². The summed E-state index contributed by atoms with van der Waals surface area (Å²) in [6.07, 6.45) is 9.09. The Morgan fingerprint density at radius 3 is 1.96 bits per heavy atom. The zero-order chi connectivity index (χ0) is 35.9. The molecule has 1 heterocycles. The Morgan fingerprint density at radius 2 is 1.47 bits per heavy atom. The number of ether oxygens (including phenoxy) is 1. The summed E-state index contributed by atoms with van der Waals surface area (Å²) in [6, 6.07) is 17.8. The van der Waals surface area contributed by atoms with Gasteiger partial charge in [0.25, 0.3) is 5.17 Å². The van der Waals surface area contributed by atoms with Crippen molar-refractivity contribution in [1.29, 1.82) is 0 Å². The Bertz CT molecular complexity index is 1300. The molecule has 0 radical (unpaired) electrons. The molecule has 2 N–H and O–H groups in total. The number of carbonyl (C=O) groups excluding carboxylic acids is 1. The van der Waals surface area contributed by atoms with Gasteiger partial charge in [-0.2, -0.15) is 11.8 Å². The minimum atomic E-state index is -3.17. The number of thiocarbonyl (C=S) groups is 1. The summed E-state index contributed by atoms with van der Waals surface area (Å²) >= 11 is 7.67. The van der Waals surface area contributed by atoms with Crippen molar-refractivity contribution < 1.29 is 33.3 Å². The Morgan fingerprint density at radius 1 is 0.939 bits per heavy atom. The monoisotopic (exact) mass is 717 g/mol. The molecule has 1 saturated heterocycles. The molecule has 0 spiro atoms. The van der Waals surface area contributed by atoms with E-state index in [9.17, 15) is 28.6 Å². The summed E-state index contributed by atoms with van der Waals surface area (Å²) in [7, 11) is 0. The summed E-state index contributed by atoms with van der Waals surface area (Å²) in [5, 5.41) is 21.3. The van der Waals surface area contributed by atoms with Gasteiger partial charge in [0.2, 0.25) is 12.3 Å². The Hall–Kier alpha value is -2.82. The molecule has 10 heteroatoms. The van der Waals surface area contributed by atoms with Crippen LogP contribution in [-0.2, 0) is 19.9 Å². The molecular formula is C39H53F2NO5S2. The quantitative estimate of drug-likeness (QED) is 0.0713. The Kier molecular flexibility index (Phi) is 16.7. The molecule has 0 saturated carbocycles. The summed E-state index contributed by atoms with van der Waals surface area (Å²) in [4.78, 5) is 28.2. The number of aliphatic hydroxyl groups is 1. The highest BCUT2D eigenvalue weighted by Gasteiger charge is 2.60. The largest absolute Gasteiger partial charge is 0.479 e. The number of halogens is 2. The zero-order valence-electron chi connectivity index (χ0n) is 29.1. The maximum Gasteiger partial charge on any atom is 0.337 e. The van der Waals surface area contributed by atoms with Crippen molar-refractivity contribution in [2.45, 2.75) is 115 Å². The van der Waals surface area contributed by atoms with Crippen LogP contribution in [0.2, 0.25) is 0 Å². The molecule has 1 fully saturated rings. The number of benzene rings is 2. The van der Waals surface area contributed by atoms with Gasteiger partial charge in [-0.3, -0.25) is 9.69 Å². The molecule has 6 nitrogen and oxygen atoms in total. The minimum absolute atomic E-state index is 0.210. The summed E-state index contributed by atoms with van der Waals surface area (Å²) in [5.74, 6) is -2.62. The van der Waals surface area contributed by atoms with E-state index in [1.165, 1.54) is 48.8 Å². The number of hydrogen-bond donors (Lipinski definition) is 2. The van der Waals surface area contributed by atoms with Crippen molar-refractivity contribution in [3.05, 3.63) is 83.9 Å². The maximum atomic E-state index is 14.6. The van der Waals surface area contributed by atoms with Crippen LogP contribution in [-0.4, -0.2) is 61.7 Å². The predicted octanol–water partition coefficient (Wildman–Crippen LogP) is 9.40. The number of carboxylic acid groups (broad SMARTS) is 1. The molecule has 0 bridgehead atoms. The van der Waals surface area contributed by atoms with Crippen LogP contribution < -0.4 is 0 Å². The molecule has 270 valence electrons. The number of carboxylic acids is 1. The lowest BCUT2D eigenvalue weighted by atomic mass is 9.75. The fourth-order valence-corrected chi connectivity index (χ4v) is 8.03. The number of hydrogen-bond acceptors (Lipinski definition) is 6. The van der Waals surface area contributed by atoms with Crippen LogP contribution in [0.5, 0.6) is 0 Å². The predicted molar refractivity (Wildman–Crippen MR) is 198 cm³/mol. The number of rotatable bonds is 22. The molecule has 3 rings (SSSR count). The summed E-state index contributed by atoms with van der Waals surface area (Å²) in [6.45, 7) is 6.00. The SMILES string of the molecule is CCCCCCCSCCCCCCC=C[C@H](C(=O)N1C(=S)OC(c2ccccc2)(c2ccccc2)C1C(C)C)[C@@](O)(CC(F)F)C(=O)O. The first kappa shape index (κ1) is 40.6. The first-order chi connectivity index (χ1) is 23.5. The Balaban J connectivity index is 1.82. The average Bonchev–Trinajstić information content (AvgIpc) is 3.40. The van der Waals surface area contributed by atoms with Gasteiger partial charge in [0, 0.05) is 17.5 Å². The van der Waals surface area contributed by atoms with Crippen LogP contribution in [0.25, 0.3) is 0 Å². The zero-order valence-corrected chi connectivity index (χ0v) is 30.7. The van der Waals surface area contributed by atoms with Gasteiger partial charge in [-0.05, 0) is 55.3 Å². The standard InChI is InChI=1S/C39H53F2NO5S2/c1-4-5-6-10-19-26-49-27-20-11-8-7-9-18-25-32(38(46,36(44)45)28-33(40)41)35(43)42-34(29(2)3)39(47-37(42)48,30-21-14-12-15-22-30)31-23-16-13-17-24-31/h12-18,21-25,29,32-34,46H,4-11,19-20,26-28H2,1-3H3,(H,44,45)/t32-,34?,38+/m1/s1. The molecule has 0 aromatic heterocycles. The van der Waals surface area contributed by atoms with Gasteiger partial charge in [0.05, 0.1) is 12.0 Å². The van der Waals surface area contributed by atoms with E-state index in [-0.39, 0.29) is 11.1 Å². The lowest BCUT2D eigenvalue weighted by Gasteiger charge is -2.39.